The average Bonchev–Trinajstić information content (AvgIpc) is 2.70. The van der Waals surface area contributed by atoms with Crippen LogP contribution in [0.2, 0.25) is 0 Å². The topological polar surface area (TPSA) is 73.9 Å². The second-order valence-corrected chi connectivity index (χ2v) is 5.91. The number of fused-ring (bicyclic) bond motifs is 1. The van der Waals surface area contributed by atoms with E-state index in [1.165, 1.54) is 0 Å². The van der Waals surface area contributed by atoms with Crippen molar-refractivity contribution in [1.29, 1.82) is 0 Å². The Hall–Kier alpha value is -3.02. The van der Waals surface area contributed by atoms with Crippen molar-refractivity contribution in [3.8, 4) is 17.2 Å². The van der Waals surface area contributed by atoms with Gasteiger partial charge in [-0.3, -0.25) is 9.59 Å². The van der Waals surface area contributed by atoms with Crippen LogP contribution in [0, 0.1) is 0 Å². The molecule has 0 aliphatic carbocycles. The number of hydrogen-bond acceptors (Lipinski definition) is 5. The van der Waals surface area contributed by atoms with E-state index in [4.69, 9.17) is 14.2 Å². The van der Waals surface area contributed by atoms with Gasteiger partial charge in [0.05, 0.1) is 7.11 Å². The highest BCUT2D eigenvalue weighted by Crippen LogP contribution is 2.31. The van der Waals surface area contributed by atoms with E-state index in [0.717, 1.165) is 11.3 Å². The van der Waals surface area contributed by atoms with Crippen LogP contribution >= 0.6 is 0 Å². The molecule has 1 amide bonds. The molecule has 26 heavy (non-hydrogen) atoms. The number of benzene rings is 2. The highest BCUT2D eigenvalue weighted by Gasteiger charge is 2.15. The van der Waals surface area contributed by atoms with E-state index in [0.29, 0.717) is 36.8 Å². The zero-order chi connectivity index (χ0) is 18.4. The lowest BCUT2D eigenvalue weighted by Crippen LogP contribution is -2.23. The minimum atomic E-state index is -0.168. The van der Waals surface area contributed by atoms with Crippen LogP contribution in [0.25, 0.3) is 0 Å². The molecule has 0 saturated heterocycles. The Morgan fingerprint density at radius 2 is 1.85 bits per heavy atom. The van der Waals surface area contributed by atoms with Gasteiger partial charge in [-0.1, -0.05) is 12.1 Å². The first-order valence-electron chi connectivity index (χ1n) is 8.48. The van der Waals surface area contributed by atoms with Crippen molar-refractivity contribution in [1.82, 2.24) is 5.32 Å². The number of carbonyl (C=O) groups excluding carboxylic acids is 2. The zero-order valence-electron chi connectivity index (χ0n) is 14.6. The smallest absolute Gasteiger partial charge is 0.220 e. The summed E-state index contributed by atoms with van der Waals surface area (Å²) in [5.41, 5.74) is 1.46. The predicted molar refractivity (Wildman–Crippen MR) is 95.8 cm³/mol. The molecule has 0 spiro atoms. The fourth-order valence-electron chi connectivity index (χ4n) is 2.66. The maximum absolute atomic E-state index is 12.3. The number of rotatable bonds is 7. The van der Waals surface area contributed by atoms with Gasteiger partial charge in [0.2, 0.25) is 5.91 Å². The van der Waals surface area contributed by atoms with Crippen LogP contribution in [0.1, 0.15) is 28.8 Å². The number of ketones is 1. The fraction of sp³-hybridized carbons (Fsp3) is 0.300. The second-order valence-electron chi connectivity index (χ2n) is 5.91. The van der Waals surface area contributed by atoms with Crippen LogP contribution in [-0.4, -0.2) is 32.0 Å². The van der Waals surface area contributed by atoms with Crippen LogP contribution in [0.3, 0.4) is 0 Å². The second kappa shape index (κ2) is 8.38. The SMILES string of the molecule is COc1cccc(CNC(=O)CCC(=O)c2ccc3c(c2)OCCO3)c1. The molecule has 6 nitrogen and oxygen atoms in total. The standard InChI is InChI=1S/C20H21NO5/c1-24-16-4-2-3-14(11-16)13-21-20(23)8-6-17(22)15-5-7-18-19(12-15)26-10-9-25-18/h2-5,7,11-12H,6,8-10,13H2,1H3,(H,21,23). The van der Waals surface area contributed by atoms with Crippen LogP contribution < -0.4 is 19.5 Å². The summed E-state index contributed by atoms with van der Waals surface area (Å²) in [6, 6.07) is 12.6. The normalized spacial score (nSPS) is 12.3. The van der Waals surface area contributed by atoms with Crippen molar-refractivity contribution in [3.05, 3.63) is 53.6 Å². The third-order valence-corrected chi connectivity index (χ3v) is 4.07. The molecular weight excluding hydrogens is 334 g/mol. The van der Waals surface area contributed by atoms with Crippen molar-refractivity contribution < 1.29 is 23.8 Å². The molecule has 0 unspecified atom stereocenters. The van der Waals surface area contributed by atoms with E-state index in [2.05, 4.69) is 5.32 Å². The number of nitrogens with one attached hydrogen (secondary N) is 1. The van der Waals surface area contributed by atoms with Crippen molar-refractivity contribution in [2.45, 2.75) is 19.4 Å². The predicted octanol–water partition coefficient (Wildman–Crippen LogP) is 2.75. The lowest BCUT2D eigenvalue weighted by atomic mass is 10.1. The minimum absolute atomic E-state index is 0.0986. The molecule has 0 fully saturated rings. The summed E-state index contributed by atoms with van der Waals surface area (Å²) < 4.78 is 16.1. The van der Waals surface area contributed by atoms with Crippen LogP contribution in [0.5, 0.6) is 17.2 Å². The van der Waals surface area contributed by atoms with Crippen molar-refractivity contribution >= 4 is 11.7 Å². The largest absolute Gasteiger partial charge is 0.497 e. The Balaban J connectivity index is 1.48. The average molecular weight is 355 g/mol. The summed E-state index contributed by atoms with van der Waals surface area (Å²) in [6.07, 6.45) is 0.279. The molecule has 1 aliphatic heterocycles. The Bertz CT molecular complexity index is 803. The zero-order valence-corrected chi connectivity index (χ0v) is 14.6. The summed E-state index contributed by atoms with van der Waals surface area (Å²) in [5, 5.41) is 2.82. The van der Waals surface area contributed by atoms with Crippen LogP contribution in [-0.2, 0) is 11.3 Å². The molecule has 1 aliphatic rings. The molecule has 0 radical (unpaired) electrons. The number of Topliss-reactive ketones (excluding diaryl/α,β-unsaturated/α-hetero) is 1. The molecule has 0 saturated carbocycles. The Kier molecular flexibility index (Phi) is 5.73. The third kappa shape index (κ3) is 4.53. The quantitative estimate of drug-likeness (QED) is 0.773. The molecule has 0 aromatic heterocycles. The lowest BCUT2D eigenvalue weighted by Gasteiger charge is -2.18. The number of methoxy groups -OCH3 is 1. The van der Waals surface area contributed by atoms with Gasteiger partial charge in [-0.05, 0) is 35.9 Å². The Morgan fingerprint density at radius 3 is 2.65 bits per heavy atom. The first-order valence-corrected chi connectivity index (χ1v) is 8.48. The number of hydrogen-bond donors (Lipinski definition) is 1. The maximum atomic E-state index is 12.3. The van der Waals surface area contributed by atoms with Gasteiger partial charge < -0.3 is 19.5 Å². The summed E-state index contributed by atoms with van der Waals surface area (Å²) >= 11 is 0. The van der Waals surface area contributed by atoms with Gasteiger partial charge in [-0.2, -0.15) is 0 Å². The molecule has 0 bridgehead atoms. The lowest BCUT2D eigenvalue weighted by molar-refractivity contribution is -0.121. The number of ether oxygens (including phenoxy) is 3. The van der Waals surface area contributed by atoms with Crippen molar-refractivity contribution in [3.63, 3.8) is 0 Å². The molecule has 3 rings (SSSR count). The van der Waals surface area contributed by atoms with Gasteiger partial charge in [0.15, 0.2) is 17.3 Å². The van der Waals surface area contributed by atoms with E-state index >= 15 is 0 Å². The van der Waals surface area contributed by atoms with E-state index in [-0.39, 0.29) is 24.5 Å². The Labute approximate surface area is 152 Å². The van der Waals surface area contributed by atoms with Crippen LogP contribution in [0.4, 0.5) is 0 Å². The molecule has 0 atom stereocenters. The molecule has 6 heteroatoms. The van der Waals surface area contributed by atoms with Gasteiger partial charge in [0.25, 0.3) is 0 Å². The molecule has 2 aromatic rings. The Morgan fingerprint density at radius 1 is 1.04 bits per heavy atom. The van der Waals surface area contributed by atoms with Crippen LogP contribution in [0.15, 0.2) is 42.5 Å². The van der Waals surface area contributed by atoms with Crippen molar-refractivity contribution in [2.75, 3.05) is 20.3 Å². The molecule has 136 valence electrons. The van der Waals surface area contributed by atoms with E-state index in [1.807, 2.05) is 24.3 Å². The van der Waals surface area contributed by atoms with Gasteiger partial charge in [0.1, 0.15) is 19.0 Å². The maximum Gasteiger partial charge on any atom is 0.220 e. The van der Waals surface area contributed by atoms with Crippen molar-refractivity contribution in [2.24, 2.45) is 0 Å². The molecule has 1 N–H and O–H groups in total. The first kappa shape index (κ1) is 17.8. The van der Waals surface area contributed by atoms with Gasteiger partial charge in [-0.25, -0.2) is 0 Å². The van der Waals surface area contributed by atoms with Gasteiger partial charge in [0, 0.05) is 24.9 Å². The number of amides is 1. The van der Waals surface area contributed by atoms with E-state index < -0.39 is 0 Å². The van der Waals surface area contributed by atoms with E-state index in [9.17, 15) is 9.59 Å². The van der Waals surface area contributed by atoms with Gasteiger partial charge >= 0.3 is 0 Å². The summed E-state index contributed by atoms with van der Waals surface area (Å²) in [7, 11) is 1.60. The molecule has 1 heterocycles. The highest BCUT2D eigenvalue weighted by molar-refractivity contribution is 5.98. The fourth-order valence-corrected chi connectivity index (χ4v) is 2.66. The number of carbonyl (C=O) groups is 2. The van der Waals surface area contributed by atoms with E-state index in [1.54, 1.807) is 25.3 Å². The summed E-state index contributed by atoms with van der Waals surface area (Å²) in [5.74, 6) is 1.69. The molecule has 2 aromatic carbocycles. The minimum Gasteiger partial charge on any atom is -0.497 e. The summed E-state index contributed by atoms with van der Waals surface area (Å²) in [4.78, 5) is 24.3. The summed E-state index contributed by atoms with van der Waals surface area (Å²) in [6.45, 7) is 1.37. The first-order chi connectivity index (χ1) is 12.7. The highest BCUT2D eigenvalue weighted by atomic mass is 16.6. The molecular formula is C20H21NO5. The van der Waals surface area contributed by atoms with Gasteiger partial charge in [-0.15, -0.1) is 0 Å². The third-order valence-electron chi connectivity index (χ3n) is 4.07. The monoisotopic (exact) mass is 355 g/mol.